The molecule has 0 radical (unpaired) electrons. The predicted octanol–water partition coefficient (Wildman–Crippen LogP) is 1.26. The number of rotatable bonds is 4. The van der Waals surface area contributed by atoms with Crippen LogP contribution in [0, 0.1) is 0 Å². The van der Waals surface area contributed by atoms with Crippen LogP contribution in [0.3, 0.4) is 0 Å². The first-order valence-corrected chi connectivity index (χ1v) is 5.57. The van der Waals surface area contributed by atoms with Crippen molar-refractivity contribution in [3.8, 4) is 11.5 Å². The first kappa shape index (κ1) is 12.2. The van der Waals surface area contributed by atoms with Gasteiger partial charge in [0.25, 0.3) is 0 Å². The van der Waals surface area contributed by atoms with E-state index in [1.807, 2.05) is 0 Å². The Bertz CT molecular complexity index is 472. The van der Waals surface area contributed by atoms with Gasteiger partial charge in [-0.05, 0) is 12.1 Å². The molecule has 0 saturated heterocycles. The van der Waals surface area contributed by atoms with Crippen LogP contribution in [-0.4, -0.2) is 30.2 Å². The molecular weight excluding hydrogens is 238 g/mol. The topological polar surface area (TPSA) is 84.9 Å². The predicted molar refractivity (Wildman–Crippen MR) is 62.9 cm³/mol. The van der Waals surface area contributed by atoms with Crippen molar-refractivity contribution in [1.29, 1.82) is 0 Å². The van der Waals surface area contributed by atoms with Crippen molar-refractivity contribution in [3.63, 3.8) is 0 Å². The standard InChI is InChI=1S/C12H13NO5/c14-10(4-5-11(15)16)13-8-2-1-3-9-12(8)18-7-6-17-9/h1-3H,4-7H2,(H,13,14)(H,15,16). The van der Waals surface area contributed by atoms with Gasteiger partial charge in [0.1, 0.15) is 13.2 Å². The van der Waals surface area contributed by atoms with Crippen LogP contribution in [0.5, 0.6) is 11.5 Å². The molecule has 1 amide bonds. The molecule has 0 bridgehead atoms. The number of hydrogen-bond donors (Lipinski definition) is 2. The molecular formula is C12H13NO5. The Morgan fingerprint density at radius 1 is 1.22 bits per heavy atom. The summed E-state index contributed by atoms with van der Waals surface area (Å²) >= 11 is 0. The van der Waals surface area contributed by atoms with Crippen LogP contribution in [0.2, 0.25) is 0 Å². The number of fused-ring (bicyclic) bond motifs is 1. The van der Waals surface area contributed by atoms with Crippen LogP contribution >= 0.6 is 0 Å². The van der Waals surface area contributed by atoms with Crippen LogP contribution < -0.4 is 14.8 Å². The summed E-state index contributed by atoms with van der Waals surface area (Å²) in [6.45, 7) is 0.901. The van der Waals surface area contributed by atoms with Crippen molar-refractivity contribution in [1.82, 2.24) is 0 Å². The summed E-state index contributed by atoms with van der Waals surface area (Å²) in [5, 5.41) is 11.1. The molecule has 18 heavy (non-hydrogen) atoms. The highest BCUT2D eigenvalue weighted by atomic mass is 16.6. The SMILES string of the molecule is O=C(O)CCC(=O)Nc1cccc2c1OCCO2. The van der Waals surface area contributed by atoms with Crippen LogP contribution in [0.1, 0.15) is 12.8 Å². The number of aliphatic carboxylic acids is 1. The molecule has 0 aliphatic carbocycles. The van der Waals surface area contributed by atoms with Gasteiger partial charge in [-0.25, -0.2) is 0 Å². The number of anilines is 1. The molecule has 2 N–H and O–H groups in total. The fourth-order valence-electron chi connectivity index (χ4n) is 1.61. The third-order valence-corrected chi connectivity index (χ3v) is 2.41. The Kier molecular flexibility index (Phi) is 3.66. The van der Waals surface area contributed by atoms with Gasteiger partial charge in [0.15, 0.2) is 11.5 Å². The zero-order chi connectivity index (χ0) is 13.0. The number of carboxylic acids is 1. The molecule has 2 rings (SSSR count). The van der Waals surface area contributed by atoms with Gasteiger partial charge in [-0.15, -0.1) is 0 Å². The summed E-state index contributed by atoms with van der Waals surface area (Å²) in [6, 6.07) is 5.17. The van der Waals surface area contributed by atoms with Crippen molar-refractivity contribution in [3.05, 3.63) is 18.2 Å². The van der Waals surface area contributed by atoms with E-state index in [2.05, 4.69) is 5.32 Å². The fourth-order valence-corrected chi connectivity index (χ4v) is 1.61. The lowest BCUT2D eigenvalue weighted by Crippen LogP contribution is -2.19. The molecule has 0 spiro atoms. The minimum Gasteiger partial charge on any atom is -0.486 e. The fraction of sp³-hybridized carbons (Fsp3) is 0.333. The highest BCUT2D eigenvalue weighted by molar-refractivity contribution is 5.94. The summed E-state index contributed by atoms with van der Waals surface area (Å²) in [4.78, 5) is 21.9. The van der Waals surface area contributed by atoms with Crippen molar-refractivity contribution >= 4 is 17.6 Å². The minimum absolute atomic E-state index is 0.0696. The molecule has 0 saturated carbocycles. The van der Waals surface area contributed by atoms with Gasteiger partial charge in [-0.2, -0.15) is 0 Å². The number of amides is 1. The Morgan fingerprint density at radius 3 is 2.78 bits per heavy atom. The molecule has 6 nitrogen and oxygen atoms in total. The maximum absolute atomic E-state index is 11.5. The van der Waals surface area contributed by atoms with E-state index in [1.165, 1.54) is 0 Å². The monoisotopic (exact) mass is 251 g/mol. The molecule has 1 aromatic carbocycles. The number of carbonyl (C=O) groups excluding carboxylic acids is 1. The van der Waals surface area contributed by atoms with Crippen molar-refractivity contribution in [2.75, 3.05) is 18.5 Å². The van der Waals surface area contributed by atoms with Crippen molar-refractivity contribution < 1.29 is 24.2 Å². The molecule has 96 valence electrons. The van der Waals surface area contributed by atoms with Crippen molar-refractivity contribution in [2.45, 2.75) is 12.8 Å². The summed E-state index contributed by atoms with van der Waals surface area (Å²) in [7, 11) is 0. The lowest BCUT2D eigenvalue weighted by molar-refractivity contribution is -0.138. The molecule has 0 fully saturated rings. The van der Waals surface area contributed by atoms with Gasteiger partial charge in [0.05, 0.1) is 12.1 Å². The molecule has 0 aromatic heterocycles. The van der Waals surface area contributed by atoms with Gasteiger partial charge in [0.2, 0.25) is 5.91 Å². The van der Waals surface area contributed by atoms with E-state index in [1.54, 1.807) is 18.2 Å². The Labute approximate surface area is 104 Å². The maximum Gasteiger partial charge on any atom is 0.303 e. The lowest BCUT2D eigenvalue weighted by atomic mass is 10.2. The zero-order valence-corrected chi connectivity index (χ0v) is 9.64. The Balaban J connectivity index is 2.05. The molecule has 1 aliphatic rings. The largest absolute Gasteiger partial charge is 0.486 e. The number of ether oxygens (including phenoxy) is 2. The zero-order valence-electron chi connectivity index (χ0n) is 9.64. The van der Waals surface area contributed by atoms with Gasteiger partial charge in [0, 0.05) is 6.42 Å². The van der Waals surface area contributed by atoms with Crippen LogP contribution in [-0.2, 0) is 9.59 Å². The number of carbonyl (C=O) groups is 2. The Hall–Kier alpha value is -2.24. The van der Waals surface area contributed by atoms with Gasteiger partial charge < -0.3 is 19.9 Å². The number of benzene rings is 1. The summed E-state index contributed by atoms with van der Waals surface area (Å²) in [5.74, 6) is -0.287. The number of hydrogen-bond acceptors (Lipinski definition) is 4. The van der Waals surface area contributed by atoms with Gasteiger partial charge in [-0.1, -0.05) is 6.07 Å². The third kappa shape index (κ3) is 2.91. The first-order chi connectivity index (χ1) is 8.66. The van der Waals surface area contributed by atoms with Crippen molar-refractivity contribution in [2.24, 2.45) is 0 Å². The van der Waals surface area contributed by atoms with Crippen LogP contribution in [0.4, 0.5) is 5.69 Å². The van der Waals surface area contributed by atoms with E-state index in [0.29, 0.717) is 30.4 Å². The van der Waals surface area contributed by atoms with Crippen LogP contribution in [0.15, 0.2) is 18.2 Å². The van der Waals surface area contributed by atoms with Gasteiger partial charge in [-0.3, -0.25) is 9.59 Å². The molecule has 0 unspecified atom stereocenters. The lowest BCUT2D eigenvalue weighted by Gasteiger charge is -2.20. The quantitative estimate of drug-likeness (QED) is 0.841. The molecule has 1 aliphatic heterocycles. The summed E-state index contributed by atoms with van der Waals surface area (Å²) < 4.78 is 10.8. The highest BCUT2D eigenvalue weighted by Gasteiger charge is 2.17. The second-order valence-corrected chi connectivity index (χ2v) is 3.77. The highest BCUT2D eigenvalue weighted by Crippen LogP contribution is 2.37. The smallest absolute Gasteiger partial charge is 0.303 e. The minimum atomic E-state index is -1.00. The summed E-state index contributed by atoms with van der Waals surface area (Å²) in [5.41, 5.74) is 0.502. The van der Waals surface area contributed by atoms with E-state index < -0.39 is 5.97 Å². The number of para-hydroxylation sites is 1. The molecule has 6 heteroatoms. The van der Waals surface area contributed by atoms with E-state index in [-0.39, 0.29) is 18.7 Å². The molecule has 1 aromatic rings. The average Bonchev–Trinajstić information content (AvgIpc) is 2.37. The second-order valence-electron chi connectivity index (χ2n) is 3.77. The number of carboxylic acid groups (broad SMARTS) is 1. The molecule has 1 heterocycles. The number of nitrogens with one attached hydrogen (secondary N) is 1. The Morgan fingerprint density at radius 2 is 2.00 bits per heavy atom. The first-order valence-electron chi connectivity index (χ1n) is 5.57. The normalized spacial score (nSPS) is 12.9. The van der Waals surface area contributed by atoms with E-state index >= 15 is 0 Å². The third-order valence-electron chi connectivity index (χ3n) is 2.41. The van der Waals surface area contributed by atoms with E-state index in [0.717, 1.165) is 0 Å². The van der Waals surface area contributed by atoms with Crippen LogP contribution in [0.25, 0.3) is 0 Å². The van der Waals surface area contributed by atoms with E-state index in [4.69, 9.17) is 14.6 Å². The van der Waals surface area contributed by atoms with E-state index in [9.17, 15) is 9.59 Å². The second kappa shape index (κ2) is 5.39. The maximum atomic E-state index is 11.5. The summed E-state index contributed by atoms with van der Waals surface area (Å²) in [6.07, 6.45) is -0.266. The molecule has 0 atom stereocenters. The van der Waals surface area contributed by atoms with Gasteiger partial charge >= 0.3 is 5.97 Å². The average molecular weight is 251 g/mol.